The molecule has 0 aliphatic rings. The fraction of sp³-hybridized carbons (Fsp3) is 0.267. The van der Waals surface area contributed by atoms with Gasteiger partial charge in [-0.2, -0.15) is 0 Å². The minimum atomic E-state index is 0.761. The topological polar surface area (TPSA) is 28.2 Å². The molecule has 1 aromatic heterocycles. The summed E-state index contributed by atoms with van der Waals surface area (Å²) in [4.78, 5) is 6.39. The molecule has 2 rings (SSSR count). The van der Waals surface area contributed by atoms with Gasteiger partial charge in [0.2, 0.25) is 0 Å². The molecule has 0 saturated carbocycles. The van der Waals surface area contributed by atoms with Gasteiger partial charge in [0.1, 0.15) is 0 Å². The number of pyridine rings is 1. The van der Waals surface area contributed by atoms with Crippen molar-refractivity contribution in [3.63, 3.8) is 0 Å². The molecule has 0 saturated heterocycles. The summed E-state index contributed by atoms with van der Waals surface area (Å²) in [6, 6.07) is 9.99. The Morgan fingerprint density at radius 2 is 2.05 bits per heavy atom. The van der Waals surface area contributed by atoms with E-state index >= 15 is 0 Å². The molecular formula is C15H18ClN3. The van der Waals surface area contributed by atoms with Crippen LogP contribution in [0.4, 0.5) is 11.4 Å². The van der Waals surface area contributed by atoms with Gasteiger partial charge in [0.15, 0.2) is 0 Å². The maximum Gasteiger partial charge on any atom is 0.0573 e. The SMILES string of the molecule is CCNc1cncc(N(C)Cc2ccccc2Cl)c1. The van der Waals surface area contributed by atoms with Crippen LogP contribution in [0.25, 0.3) is 0 Å². The number of halogens is 1. The van der Waals surface area contributed by atoms with Crippen LogP contribution in [-0.2, 0) is 6.54 Å². The van der Waals surface area contributed by atoms with Crippen LogP contribution < -0.4 is 10.2 Å². The second kappa shape index (κ2) is 6.43. The Labute approximate surface area is 119 Å². The zero-order chi connectivity index (χ0) is 13.7. The predicted molar refractivity (Wildman–Crippen MR) is 82.0 cm³/mol. The smallest absolute Gasteiger partial charge is 0.0573 e. The molecule has 1 heterocycles. The van der Waals surface area contributed by atoms with Crippen molar-refractivity contribution in [2.45, 2.75) is 13.5 Å². The van der Waals surface area contributed by atoms with Gasteiger partial charge in [-0.15, -0.1) is 0 Å². The lowest BCUT2D eigenvalue weighted by Gasteiger charge is -2.20. The zero-order valence-corrected chi connectivity index (χ0v) is 12.0. The number of anilines is 2. The number of nitrogens with one attached hydrogen (secondary N) is 1. The van der Waals surface area contributed by atoms with Crippen LogP contribution in [0, 0.1) is 0 Å². The van der Waals surface area contributed by atoms with Crippen LogP contribution >= 0.6 is 11.6 Å². The number of hydrogen-bond acceptors (Lipinski definition) is 3. The molecule has 0 amide bonds. The molecule has 0 fully saturated rings. The second-order valence-electron chi connectivity index (χ2n) is 4.41. The van der Waals surface area contributed by atoms with Crippen molar-refractivity contribution in [3.8, 4) is 0 Å². The molecule has 19 heavy (non-hydrogen) atoms. The van der Waals surface area contributed by atoms with E-state index in [1.807, 2.05) is 43.7 Å². The van der Waals surface area contributed by atoms with Crippen LogP contribution in [0.5, 0.6) is 0 Å². The monoisotopic (exact) mass is 275 g/mol. The third-order valence-corrected chi connectivity index (χ3v) is 3.28. The van der Waals surface area contributed by atoms with Crippen molar-refractivity contribution in [1.29, 1.82) is 0 Å². The van der Waals surface area contributed by atoms with Gasteiger partial charge in [-0.3, -0.25) is 4.98 Å². The lowest BCUT2D eigenvalue weighted by Crippen LogP contribution is -2.17. The van der Waals surface area contributed by atoms with Crippen LogP contribution in [0.15, 0.2) is 42.7 Å². The van der Waals surface area contributed by atoms with E-state index in [1.165, 1.54) is 0 Å². The molecule has 100 valence electrons. The van der Waals surface area contributed by atoms with E-state index in [1.54, 1.807) is 0 Å². The van der Waals surface area contributed by atoms with Crippen molar-refractivity contribution >= 4 is 23.0 Å². The fourth-order valence-electron chi connectivity index (χ4n) is 1.91. The standard InChI is InChI=1S/C15H18ClN3/c1-3-18-13-8-14(10-17-9-13)19(2)11-12-6-4-5-7-15(12)16/h4-10,18H,3,11H2,1-2H3. The van der Waals surface area contributed by atoms with E-state index in [-0.39, 0.29) is 0 Å². The van der Waals surface area contributed by atoms with Gasteiger partial charge >= 0.3 is 0 Å². The average molecular weight is 276 g/mol. The van der Waals surface area contributed by atoms with E-state index in [0.29, 0.717) is 0 Å². The first kappa shape index (κ1) is 13.7. The van der Waals surface area contributed by atoms with Gasteiger partial charge in [0, 0.05) is 25.2 Å². The number of nitrogens with zero attached hydrogens (tertiary/aromatic N) is 2. The molecule has 0 aliphatic carbocycles. The Kier molecular flexibility index (Phi) is 4.63. The van der Waals surface area contributed by atoms with Crippen LogP contribution in [-0.4, -0.2) is 18.6 Å². The van der Waals surface area contributed by atoms with Gasteiger partial charge in [-0.05, 0) is 24.6 Å². The summed E-state index contributed by atoms with van der Waals surface area (Å²) in [5, 5.41) is 4.06. The van der Waals surface area contributed by atoms with Crippen LogP contribution in [0.1, 0.15) is 12.5 Å². The molecular weight excluding hydrogens is 258 g/mol. The highest BCUT2D eigenvalue weighted by molar-refractivity contribution is 6.31. The molecule has 0 unspecified atom stereocenters. The van der Waals surface area contributed by atoms with Gasteiger partial charge < -0.3 is 10.2 Å². The lowest BCUT2D eigenvalue weighted by molar-refractivity contribution is 0.918. The van der Waals surface area contributed by atoms with Crippen molar-refractivity contribution in [2.24, 2.45) is 0 Å². The molecule has 1 N–H and O–H groups in total. The zero-order valence-electron chi connectivity index (χ0n) is 11.2. The minimum Gasteiger partial charge on any atom is -0.384 e. The van der Waals surface area contributed by atoms with Crippen molar-refractivity contribution in [3.05, 3.63) is 53.3 Å². The summed E-state index contributed by atoms with van der Waals surface area (Å²) in [5.74, 6) is 0. The molecule has 0 spiro atoms. The fourth-order valence-corrected chi connectivity index (χ4v) is 2.11. The second-order valence-corrected chi connectivity index (χ2v) is 4.82. The van der Waals surface area contributed by atoms with E-state index in [0.717, 1.165) is 35.1 Å². The Balaban J connectivity index is 2.13. The minimum absolute atomic E-state index is 0.761. The Hall–Kier alpha value is -1.74. The number of aromatic nitrogens is 1. The molecule has 3 nitrogen and oxygen atoms in total. The molecule has 2 aromatic rings. The maximum atomic E-state index is 6.18. The van der Waals surface area contributed by atoms with Gasteiger partial charge in [-0.25, -0.2) is 0 Å². The predicted octanol–water partition coefficient (Wildman–Crippen LogP) is 3.80. The van der Waals surface area contributed by atoms with E-state index in [9.17, 15) is 0 Å². The Bertz CT molecular complexity index is 542. The van der Waals surface area contributed by atoms with E-state index in [2.05, 4.69) is 28.2 Å². The van der Waals surface area contributed by atoms with Gasteiger partial charge in [0.25, 0.3) is 0 Å². The number of hydrogen-bond donors (Lipinski definition) is 1. The van der Waals surface area contributed by atoms with Crippen molar-refractivity contribution in [1.82, 2.24) is 4.98 Å². The van der Waals surface area contributed by atoms with Gasteiger partial charge in [-0.1, -0.05) is 29.8 Å². The van der Waals surface area contributed by atoms with Crippen molar-refractivity contribution < 1.29 is 0 Å². The quantitative estimate of drug-likeness (QED) is 0.900. The average Bonchev–Trinajstić information content (AvgIpc) is 2.42. The third-order valence-electron chi connectivity index (χ3n) is 2.91. The summed E-state index contributed by atoms with van der Waals surface area (Å²) >= 11 is 6.18. The highest BCUT2D eigenvalue weighted by atomic mass is 35.5. The molecule has 0 radical (unpaired) electrons. The molecule has 1 aromatic carbocycles. The first-order chi connectivity index (χ1) is 9.20. The van der Waals surface area contributed by atoms with E-state index in [4.69, 9.17) is 11.6 Å². The lowest BCUT2D eigenvalue weighted by atomic mass is 10.2. The molecule has 0 aliphatic heterocycles. The summed E-state index contributed by atoms with van der Waals surface area (Å²) in [6.07, 6.45) is 3.69. The highest BCUT2D eigenvalue weighted by Gasteiger charge is 2.06. The molecule has 0 bridgehead atoms. The summed E-state index contributed by atoms with van der Waals surface area (Å²) in [6.45, 7) is 3.72. The first-order valence-corrected chi connectivity index (χ1v) is 6.72. The van der Waals surface area contributed by atoms with E-state index < -0.39 is 0 Å². The first-order valence-electron chi connectivity index (χ1n) is 6.34. The highest BCUT2D eigenvalue weighted by Crippen LogP contribution is 2.21. The largest absolute Gasteiger partial charge is 0.384 e. The normalized spacial score (nSPS) is 10.3. The maximum absolute atomic E-state index is 6.18. The Morgan fingerprint density at radius 1 is 1.26 bits per heavy atom. The van der Waals surface area contributed by atoms with Crippen LogP contribution in [0.3, 0.4) is 0 Å². The number of rotatable bonds is 5. The van der Waals surface area contributed by atoms with Crippen LogP contribution in [0.2, 0.25) is 5.02 Å². The third kappa shape index (κ3) is 3.61. The molecule has 0 atom stereocenters. The summed E-state index contributed by atoms with van der Waals surface area (Å²) in [7, 11) is 2.04. The molecule has 4 heteroatoms. The Morgan fingerprint density at radius 3 is 2.79 bits per heavy atom. The number of benzene rings is 1. The van der Waals surface area contributed by atoms with Gasteiger partial charge in [0.05, 0.1) is 23.8 Å². The van der Waals surface area contributed by atoms with Crippen molar-refractivity contribution in [2.75, 3.05) is 23.8 Å². The summed E-state index contributed by atoms with van der Waals surface area (Å²) in [5.41, 5.74) is 3.21. The summed E-state index contributed by atoms with van der Waals surface area (Å²) < 4.78 is 0.